The van der Waals surface area contributed by atoms with Crippen molar-refractivity contribution in [3.05, 3.63) is 48.0 Å². The fourth-order valence-electron chi connectivity index (χ4n) is 2.77. The van der Waals surface area contributed by atoms with Gasteiger partial charge in [0, 0.05) is 12.1 Å². The van der Waals surface area contributed by atoms with Crippen LogP contribution in [0, 0.1) is 0 Å². The Hall–Kier alpha value is -2.89. The molecule has 0 aliphatic heterocycles. The molecule has 0 aliphatic carbocycles. The molecule has 0 fully saturated rings. The number of anilines is 1. The molecule has 2 aromatic rings. The number of hydrogen-bond acceptors (Lipinski definition) is 4. The molecule has 0 saturated heterocycles. The van der Waals surface area contributed by atoms with Gasteiger partial charge in [-0.3, -0.25) is 0 Å². The summed E-state index contributed by atoms with van der Waals surface area (Å²) in [6.07, 6.45) is 1.82. The Labute approximate surface area is 154 Å². The lowest BCUT2D eigenvalue weighted by atomic mass is 10.0. The quantitative estimate of drug-likeness (QED) is 0.735. The van der Waals surface area contributed by atoms with Gasteiger partial charge >= 0.3 is 6.03 Å². The Morgan fingerprint density at radius 1 is 1.00 bits per heavy atom. The van der Waals surface area contributed by atoms with Gasteiger partial charge in [0.2, 0.25) is 5.75 Å². The van der Waals surface area contributed by atoms with Crippen LogP contribution in [0.4, 0.5) is 10.5 Å². The van der Waals surface area contributed by atoms with Gasteiger partial charge in [0.15, 0.2) is 11.5 Å². The number of carbonyl (C=O) groups excluding carboxylic acids is 1. The molecule has 6 nitrogen and oxygen atoms in total. The van der Waals surface area contributed by atoms with E-state index in [4.69, 9.17) is 14.2 Å². The number of urea groups is 1. The number of hydrogen-bond donors (Lipinski definition) is 2. The number of methoxy groups -OCH3 is 3. The molecule has 2 N–H and O–H groups in total. The molecule has 0 unspecified atom stereocenters. The topological polar surface area (TPSA) is 68.8 Å². The molecule has 0 aromatic heterocycles. The summed E-state index contributed by atoms with van der Waals surface area (Å²) in [5.74, 6) is 1.44. The van der Waals surface area contributed by atoms with Crippen LogP contribution in [-0.2, 0) is 0 Å². The van der Waals surface area contributed by atoms with Crippen molar-refractivity contribution in [2.24, 2.45) is 0 Å². The monoisotopic (exact) mass is 358 g/mol. The minimum atomic E-state index is -0.290. The van der Waals surface area contributed by atoms with E-state index in [1.807, 2.05) is 30.3 Å². The Kier molecular flexibility index (Phi) is 7.14. The second-order valence-electron chi connectivity index (χ2n) is 5.76. The summed E-state index contributed by atoms with van der Waals surface area (Å²) in [7, 11) is 4.61. The summed E-state index contributed by atoms with van der Waals surface area (Å²) >= 11 is 0. The van der Waals surface area contributed by atoms with Gasteiger partial charge in [-0.05, 0) is 12.0 Å². The summed E-state index contributed by atoms with van der Waals surface area (Å²) in [5, 5.41) is 5.86. The first-order valence-corrected chi connectivity index (χ1v) is 8.55. The summed E-state index contributed by atoms with van der Waals surface area (Å²) in [5.41, 5.74) is 1.63. The van der Waals surface area contributed by atoms with Crippen molar-refractivity contribution in [1.82, 2.24) is 5.32 Å². The smallest absolute Gasteiger partial charge is 0.319 e. The van der Waals surface area contributed by atoms with E-state index in [1.54, 1.807) is 12.1 Å². The number of ether oxygens (including phenoxy) is 3. The van der Waals surface area contributed by atoms with E-state index in [0.717, 1.165) is 18.4 Å². The predicted molar refractivity (Wildman–Crippen MR) is 102 cm³/mol. The predicted octanol–water partition coefficient (Wildman–Crippen LogP) is 4.38. The van der Waals surface area contributed by atoms with Crippen LogP contribution in [0.3, 0.4) is 0 Å². The highest BCUT2D eigenvalue weighted by Crippen LogP contribution is 2.39. The number of carbonyl (C=O) groups is 1. The SMILES string of the molecule is CCC[C@@H](NC(=O)Nc1cc(OC)c(OC)c(OC)c1)c1ccccc1. The van der Waals surface area contributed by atoms with E-state index in [-0.39, 0.29) is 12.1 Å². The molecule has 2 amide bonds. The molecular formula is C20H26N2O4. The maximum absolute atomic E-state index is 12.5. The number of nitrogens with one attached hydrogen (secondary N) is 2. The lowest BCUT2D eigenvalue weighted by Crippen LogP contribution is -2.32. The lowest BCUT2D eigenvalue weighted by molar-refractivity contribution is 0.247. The molecule has 2 aromatic carbocycles. The third-order valence-electron chi connectivity index (χ3n) is 4.01. The summed E-state index contributed by atoms with van der Waals surface area (Å²) < 4.78 is 15.9. The van der Waals surface area contributed by atoms with E-state index in [1.165, 1.54) is 21.3 Å². The summed E-state index contributed by atoms with van der Waals surface area (Å²) in [6, 6.07) is 13.0. The molecule has 1 atom stereocenters. The van der Waals surface area contributed by atoms with Gasteiger partial charge < -0.3 is 24.8 Å². The molecule has 0 heterocycles. The van der Waals surface area contributed by atoms with Gasteiger partial charge in [-0.15, -0.1) is 0 Å². The Morgan fingerprint density at radius 2 is 1.62 bits per heavy atom. The van der Waals surface area contributed by atoms with Crippen LogP contribution in [0.25, 0.3) is 0 Å². The van der Waals surface area contributed by atoms with Gasteiger partial charge in [-0.2, -0.15) is 0 Å². The first-order chi connectivity index (χ1) is 12.6. The Morgan fingerprint density at radius 3 is 2.12 bits per heavy atom. The highest BCUT2D eigenvalue weighted by atomic mass is 16.5. The maximum Gasteiger partial charge on any atom is 0.319 e. The highest BCUT2D eigenvalue weighted by Gasteiger charge is 2.17. The second-order valence-corrected chi connectivity index (χ2v) is 5.76. The van der Waals surface area contributed by atoms with Crippen LogP contribution in [0.15, 0.2) is 42.5 Å². The van der Waals surface area contributed by atoms with Gasteiger partial charge in [-0.25, -0.2) is 4.79 Å². The van der Waals surface area contributed by atoms with Crippen molar-refractivity contribution < 1.29 is 19.0 Å². The molecule has 2 rings (SSSR count). The first kappa shape index (κ1) is 19.4. The standard InChI is InChI=1S/C20H26N2O4/c1-5-9-16(14-10-7-6-8-11-14)22-20(23)21-15-12-17(24-2)19(26-4)18(13-15)25-3/h6-8,10-13,16H,5,9H2,1-4H3,(H2,21,22,23)/t16-/m1/s1. The number of amides is 2. The van der Waals surface area contributed by atoms with E-state index < -0.39 is 0 Å². The van der Waals surface area contributed by atoms with Crippen LogP contribution in [0.1, 0.15) is 31.4 Å². The molecule has 6 heteroatoms. The average molecular weight is 358 g/mol. The van der Waals surface area contributed by atoms with E-state index >= 15 is 0 Å². The molecule has 0 saturated carbocycles. The zero-order chi connectivity index (χ0) is 18.9. The minimum Gasteiger partial charge on any atom is -0.493 e. The average Bonchev–Trinajstić information content (AvgIpc) is 2.67. The molecular weight excluding hydrogens is 332 g/mol. The highest BCUT2D eigenvalue weighted by molar-refractivity contribution is 5.90. The fraction of sp³-hybridized carbons (Fsp3) is 0.350. The number of rotatable bonds is 8. The maximum atomic E-state index is 12.5. The van der Waals surface area contributed by atoms with E-state index in [0.29, 0.717) is 22.9 Å². The Balaban J connectivity index is 2.15. The molecule has 0 radical (unpaired) electrons. The van der Waals surface area contributed by atoms with Crippen LogP contribution < -0.4 is 24.8 Å². The van der Waals surface area contributed by atoms with Gasteiger partial charge in [-0.1, -0.05) is 43.7 Å². The summed E-state index contributed by atoms with van der Waals surface area (Å²) in [4.78, 5) is 12.5. The van der Waals surface area contributed by atoms with Crippen molar-refractivity contribution >= 4 is 11.7 Å². The normalized spacial score (nSPS) is 11.4. The second kappa shape index (κ2) is 9.56. The van der Waals surface area contributed by atoms with Crippen molar-refractivity contribution in [1.29, 1.82) is 0 Å². The van der Waals surface area contributed by atoms with Crippen LogP contribution in [0.5, 0.6) is 17.2 Å². The van der Waals surface area contributed by atoms with E-state index in [2.05, 4.69) is 17.6 Å². The molecule has 26 heavy (non-hydrogen) atoms. The van der Waals surface area contributed by atoms with E-state index in [9.17, 15) is 4.79 Å². The van der Waals surface area contributed by atoms with Crippen molar-refractivity contribution in [3.63, 3.8) is 0 Å². The van der Waals surface area contributed by atoms with Gasteiger partial charge in [0.25, 0.3) is 0 Å². The first-order valence-electron chi connectivity index (χ1n) is 8.55. The molecule has 0 bridgehead atoms. The van der Waals surface area contributed by atoms with Crippen LogP contribution in [0.2, 0.25) is 0 Å². The minimum absolute atomic E-state index is 0.0526. The van der Waals surface area contributed by atoms with Crippen LogP contribution >= 0.6 is 0 Å². The van der Waals surface area contributed by atoms with Crippen molar-refractivity contribution in [3.8, 4) is 17.2 Å². The summed E-state index contributed by atoms with van der Waals surface area (Å²) in [6.45, 7) is 2.09. The zero-order valence-corrected chi connectivity index (χ0v) is 15.7. The van der Waals surface area contributed by atoms with Crippen molar-refractivity contribution in [2.75, 3.05) is 26.6 Å². The molecule has 0 spiro atoms. The van der Waals surface area contributed by atoms with Gasteiger partial charge in [0.1, 0.15) is 0 Å². The number of benzene rings is 2. The third kappa shape index (κ3) is 4.81. The fourth-order valence-corrected chi connectivity index (χ4v) is 2.77. The van der Waals surface area contributed by atoms with Crippen LogP contribution in [-0.4, -0.2) is 27.4 Å². The zero-order valence-electron chi connectivity index (χ0n) is 15.7. The third-order valence-corrected chi connectivity index (χ3v) is 4.01. The van der Waals surface area contributed by atoms with Gasteiger partial charge in [0.05, 0.1) is 33.1 Å². The molecule has 0 aliphatic rings. The van der Waals surface area contributed by atoms with Crippen molar-refractivity contribution in [2.45, 2.75) is 25.8 Å². The molecule has 140 valence electrons. The largest absolute Gasteiger partial charge is 0.493 e. The lowest BCUT2D eigenvalue weighted by Gasteiger charge is -2.20. The Bertz CT molecular complexity index is 694.